The van der Waals surface area contributed by atoms with Crippen molar-refractivity contribution in [2.45, 2.75) is 44.7 Å². The summed E-state index contributed by atoms with van der Waals surface area (Å²) in [4.78, 5) is 25.1. The van der Waals surface area contributed by atoms with Gasteiger partial charge in [-0.15, -0.1) is 0 Å². The molecule has 2 aromatic carbocycles. The van der Waals surface area contributed by atoms with Crippen molar-refractivity contribution < 1.29 is 33.0 Å². The molecule has 0 heterocycles. The van der Waals surface area contributed by atoms with E-state index in [0.29, 0.717) is 34.8 Å². The third-order valence-corrected chi connectivity index (χ3v) is 6.27. The van der Waals surface area contributed by atoms with Gasteiger partial charge in [0.25, 0.3) is 0 Å². The van der Waals surface area contributed by atoms with Gasteiger partial charge in [0.15, 0.2) is 0 Å². The molecule has 4 rings (SSSR count). The summed E-state index contributed by atoms with van der Waals surface area (Å²) in [5.74, 6) is -2.84. The molecule has 1 atom stereocenters. The van der Waals surface area contributed by atoms with Gasteiger partial charge in [-0.05, 0) is 59.7 Å². The molecule has 36 heavy (non-hydrogen) atoms. The quantitative estimate of drug-likeness (QED) is 0.458. The number of hydrogen-bond acceptors (Lipinski definition) is 4. The summed E-state index contributed by atoms with van der Waals surface area (Å²) in [5.41, 5.74) is 2.61. The molecule has 0 bridgehead atoms. The van der Waals surface area contributed by atoms with Crippen LogP contribution in [-0.4, -0.2) is 41.4 Å². The van der Waals surface area contributed by atoms with E-state index in [-0.39, 0.29) is 32.0 Å². The molecule has 2 aromatic rings. The van der Waals surface area contributed by atoms with Gasteiger partial charge in [0.2, 0.25) is 11.8 Å². The standard InChI is InChI=1S/C28H29F2NO5/c1-35-25-8-7-23(29)15-24(25)22-9-11-28(30,12-10-22)36-18-21-4-2-3-20(13-21)16-31(17-27(33)34)26(32)14-19-5-6-19/h2-4,7-11,13,15,19H,5-6,12,14,16-18H2,1H3,(H,33,34). The van der Waals surface area contributed by atoms with Crippen LogP contribution in [0.1, 0.15) is 42.4 Å². The number of methoxy groups -OCH3 is 1. The van der Waals surface area contributed by atoms with Crippen molar-refractivity contribution in [3.63, 3.8) is 0 Å². The van der Waals surface area contributed by atoms with E-state index in [0.717, 1.165) is 18.4 Å². The number of allylic oxidation sites excluding steroid dienone is 2. The van der Waals surface area contributed by atoms with Crippen molar-refractivity contribution in [1.29, 1.82) is 0 Å². The SMILES string of the molecule is COc1ccc(F)cc1C1=CCC(F)(OCc2cccc(CN(CC(=O)O)C(=O)CC3CC3)c2)C=C1. The van der Waals surface area contributed by atoms with Crippen LogP contribution in [0.15, 0.2) is 60.7 Å². The Morgan fingerprint density at radius 3 is 2.61 bits per heavy atom. The molecule has 190 valence electrons. The van der Waals surface area contributed by atoms with Gasteiger partial charge >= 0.3 is 5.97 Å². The zero-order valence-electron chi connectivity index (χ0n) is 20.1. The number of ether oxygens (including phenoxy) is 2. The molecule has 1 N–H and O–H groups in total. The molecular weight excluding hydrogens is 468 g/mol. The number of aliphatic carboxylic acids is 1. The first-order chi connectivity index (χ1) is 17.2. The van der Waals surface area contributed by atoms with Gasteiger partial charge in [-0.2, -0.15) is 0 Å². The van der Waals surface area contributed by atoms with Crippen LogP contribution in [-0.2, 0) is 27.5 Å². The second kappa shape index (κ2) is 11.0. The zero-order valence-corrected chi connectivity index (χ0v) is 20.1. The molecule has 8 heteroatoms. The summed E-state index contributed by atoms with van der Waals surface area (Å²) >= 11 is 0. The number of benzene rings is 2. The summed E-state index contributed by atoms with van der Waals surface area (Å²) < 4.78 is 39.9. The molecule has 1 unspecified atom stereocenters. The number of rotatable bonds is 11. The van der Waals surface area contributed by atoms with E-state index in [1.54, 1.807) is 36.4 Å². The zero-order chi connectivity index (χ0) is 25.7. The second-order valence-electron chi connectivity index (χ2n) is 9.23. The molecule has 6 nitrogen and oxygen atoms in total. The maximum atomic E-state index is 15.3. The lowest BCUT2D eigenvalue weighted by Crippen LogP contribution is -2.35. The number of carbonyl (C=O) groups excluding carboxylic acids is 1. The first-order valence-electron chi connectivity index (χ1n) is 11.9. The van der Waals surface area contributed by atoms with Gasteiger partial charge in [0.1, 0.15) is 18.1 Å². The van der Waals surface area contributed by atoms with Crippen LogP contribution in [0.2, 0.25) is 0 Å². The maximum Gasteiger partial charge on any atom is 0.323 e. The Labute approximate surface area is 208 Å². The highest BCUT2D eigenvalue weighted by atomic mass is 19.2. The van der Waals surface area contributed by atoms with E-state index < -0.39 is 17.6 Å². The topological polar surface area (TPSA) is 76.1 Å². The Kier molecular flexibility index (Phi) is 7.84. The molecule has 1 amide bonds. The van der Waals surface area contributed by atoms with E-state index in [9.17, 15) is 19.1 Å². The first kappa shape index (κ1) is 25.6. The van der Waals surface area contributed by atoms with Crippen molar-refractivity contribution in [3.8, 4) is 5.75 Å². The summed E-state index contributed by atoms with van der Waals surface area (Å²) in [6.07, 6.45) is 6.82. The van der Waals surface area contributed by atoms with Crippen LogP contribution < -0.4 is 4.74 Å². The third kappa shape index (κ3) is 6.79. The van der Waals surface area contributed by atoms with Crippen molar-refractivity contribution in [3.05, 3.63) is 83.2 Å². The predicted molar refractivity (Wildman–Crippen MR) is 130 cm³/mol. The van der Waals surface area contributed by atoms with Gasteiger partial charge in [-0.3, -0.25) is 9.59 Å². The maximum absolute atomic E-state index is 15.3. The van der Waals surface area contributed by atoms with Gasteiger partial charge < -0.3 is 19.5 Å². The predicted octanol–water partition coefficient (Wildman–Crippen LogP) is 5.27. The molecule has 1 saturated carbocycles. The Morgan fingerprint density at radius 1 is 1.17 bits per heavy atom. The summed E-state index contributed by atoms with van der Waals surface area (Å²) in [6, 6.07) is 11.3. The molecule has 2 aliphatic carbocycles. The molecule has 2 aliphatic rings. The molecule has 0 aromatic heterocycles. The van der Waals surface area contributed by atoms with Crippen molar-refractivity contribution in [2.24, 2.45) is 5.92 Å². The molecule has 0 aliphatic heterocycles. The minimum absolute atomic E-state index is 0.0178. The van der Waals surface area contributed by atoms with Crippen molar-refractivity contribution in [2.75, 3.05) is 13.7 Å². The molecule has 0 radical (unpaired) electrons. The van der Waals surface area contributed by atoms with Crippen LogP contribution in [0.4, 0.5) is 8.78 Å². The Morgan fingerprint density at radius 2 is 1.94 bits per heavy atom. The average Bonchev–Trinajstić information content (AvgIpc) is 3.67. The number of hydrogen-bond donors (Lipinski definition) is 1. The molecule has 1 fully saturated rings. The van der Waals surface area contributed by atoms with Crippen LogP contribution >= 0.6 is 0 Å². The van der Waals surface area contributed by atoms with Gasteiger partial charge in [0.05, 0.1) is 13.7 Å². The van der Waals surface area contributed by atoms with Gasteiger partial charge in [0, 0.05) is 24.9 Å². The first-order valence-corrected chi connectivity index (χ1v) is 11.9. The van der Waals surface area contributed by atoms with Crippen molar-refractivity contribution in [1.82, 2.24) is 4.90 Å². The number of carboxylic acid groups (broad SMARTS) is 1. The number of carboxylic acids is 1. The summed E-state index contributed by atoms with van der Waals surface area (Å²) in [6.45, 7) is -0.223. The van der Waals surface area contributed by atoms with Gasteiger partial charge in [-0.1, -0.05) is 36.4 Å². The summed E-state index contributed by atoms with van der Waals surface area (Å²) in [7, 11) is 1.49. The lowest BCUT2D eigenvalue weighted by molar-refractivity contribution is -0.145. The minimum atomic E-state index is -2.03. The Hall–Kier alpha value is -3.52. The van der Waals surface area contributed by atoms with E-state index in [4.69, 9.17) is 9.47 Å². The summed E-state index contributed by atoms with van der Waals surface area (Å²) in [5, 5.41) is 9.21. The third-order valence-electron chi connectivity index (χ3n) is 6.27. The fraction of sp³-hybridized carbons (Fsp3) is 0.357. The van der Waals surface area contributed by atoms with Crippen LogP contribution in [0, 0.1) is 11.7 Å². The monoisotopic (exact) mass is 497 g/mol. The lowest BCUT2D eigenvalue weighted by Gasteiger charge is -2.25. The van der Waals surface area contributed by atoms with E-state index in [1.807, 2.05) is 0 Å². The van der Waals surface area contributed by atoms with Gasteiger partial charge in [-0.25, -0.2) is 8.78 Å². The fourth-order valence-corrected chi connectivity index (χ4v) is 4.15. The Balaban J connectivity index is 1.38. The average molecular weight is 498 g/mol. The second-order valence-corrected chi connectivity index (χ2v) is 9.23. The number of nitrogens with zero attached hydrogens (tertiary/aromatic N) is 1. The molecule has 0 spiro atoms. The van der Waals surface area contributed by atoms with Crippen molar-refractivity contribution >= 4 is 17.4 Å². The molecule has 0 saturated heterocycles. The Bertz CT molecular complexity index is 1190. The minimum Gasteiger partial charge on any atom is -0.496 e. The normalized spacial score (nSPS) is 19.0. The number of halogens is 2. The number of alkyl halides is 1. The largest absolute Gasteiger partial charge is 0.496 e. The number of amides is 1. The smallest absolute Gasteiger partial charge is 0.323 e. The van der Waals surface area contributed by atoms with E-state index in [1.165, 1.54) is 36.3 Å². The van der Waals surface area contributed by atoms with E-state index in [2.05, 4.69) is 0 Å². The molecular formula is C28H29F2NO5. The van der Waals surface area contributed by atoms with E-state index >= 15 is 4.39 Å². The van der Waals surface area contributed by atoms with Crippen LogP contribution in [0.5, 0.6) is 5.75 Å². The fourth-order valence-electron chi connectivity index (χ4n) is 4.15. The highest BCUT2D eigenvalue weighted by Gasteiger charge is 2.30. The van der Waals surface area contributed by atoms with Crippen LogP contribution in [0.25, 0.3) is 5.57 Å². The van der Waals surface area contributed by atoms with Crippen LogP contribution in [0.3, 0.4) is 0 Å². The lowest BCUT2D eigenvalue weighted by atomic mass is 9.96. The number of carbonyl (C=O) groups is 2. The highest BCUT2D eigenvalue weighted by molar-refractivity contribution is 5.81. The highest BCUT2D eigenvalue weighted by Crippen LogP contribution is 2.35.